The van der Waals surface area contributed by atoms with Gasteiger partial charge in [-0.15, -0.1) is 0 Å². The molecule has 0 unspecified atom stereocenters. The van der Waals surface area contributed by atoms with Crippen LogP contribution in [0.1, 0.15) is 36.1 Å². The van der Waals surface area contributed by atoms with E-state index in [1.807, 2.05) is 96.4 Å². The van der Waals surface area contributed by atoms with Crippen molar-refractivity contribution in [2.45, 2.75) is 69.9 Å². The molecule has 2 aliphatic rings. The maximum atomic E-state index is 15.1. The highest BCUT2D eigenvalue weighted by Crippen LogP contribution is 2.40. The number of aromatic amines is 1. The van der Waals surface area contributed by atoms with Gasteiger partial charge in [0.1, 0.15) is 12.2 Å². The first kappa shape index (κ1) is 29.1. The van der Waals surface area contributed by atoms with Crippen LogP contribution in [0.3, 0.4) is 0 Å². The van der Waals surface area contributed by atoms with E-state index in [2.05, 4.69) is 46.6 Å². The molecule has 0 saturated carbocycles. The van der Waals surface area contributed by atoms with Gasteiger partial charge in [0.15, 0.2) is 11.6 Å². The predicted octanol–water partition coefficient (Wildman–Crippen LogP) is 6.33. The number of ether oxygens (including phenoxy) is 2. The van der Waals surface area contributed by atoms with Crippen molar-refractivity contribution in [1.29, 1.82) is 0 Å². The third kappa shape index (κ3) is 6.03. The maximum absolute atomic E-state index is 15.1. The number of nitrogens with one attached hydrogen (secondary N) is 1. The molecule has 5 aromatic rings. The molecular weight excluding hydrogens is 562 g/mol. The first-order valence-electron chi connectivity index (χ1n) is 15.6. The Balaban J connectivity index is 1.36. The van der Waals surface area contributed by atoms with Crippen LogP contribution >= 0.6 is 0 Å². The summed E-state index contributed by atoms with van der Waals surface area (Å²) in [4.78, 5) is 19.1. The zero-order chi connectivity index (χ0) is 31.0. The van der Waals surface area contributed by atoms with Gasteiger partial charge < -0.3 is 25.0 Å². The van der Waals surface area contributed by atoms with E-state index in [4.69, 9.17) is 15.2 Å². The zero-order valence-corrected chi connectivity index (χ0v) is 25.7. The Morgan fingerprint density at radius 1 is 0.711 bits per heavy atom. The molecule has 8 nitrogen and oxygen atoms in total. The van der Waals surface area contributed by atoms with Gasteiger partial charge in [-0.3, -0.25) is 5.10 Å². The van der Waals surface area contributed by atoms with Crippen molar-refractivity contribution in [2.24, 2.45) is 0 Å². The smallest absolute Gasteiger partial charge is 0.321 e. The predicted molar refractivity (Wildman–Crippen MR) is 175 cm³/mol. The van der Waals surface area contributed by atoms with E-state index in [0.29, 0.717) is 31.7 Å². The van der Waals surface area contributed by atoms with Gasteiger partial charge in [0, 0.05) is 18.5 Å². The lowest BCUT2D eigenvalue weighted by atomic mass is 9.91. The normalized spacial score (nSPS) is 22.8. The molecule has 0 aliphatic carbocycles. The minimum atomic E-state index is -0.812. The Labute approximate surface area is 263 Å². The van der Waals surface area contributed by atoms with E-state index in [1.165, 1.54) is 0 Å². The van der Waals surface area contributed by atoms with E-state index in [0.717, 1.165) is 33.2 Å². The highest BCUT2D eigenvalue weighted by molar-refractivity contribution is 5.89. The molecule has 0 spiro atoms. The minimum Gasteiger partial charge on any atom is -0.382 e. The lowest BCUT2D eigenvalue weighted by molar-refractivity contribution is -0.157. The Hall–Kier alpha value is -4.66. The van der Waals surface area contributed by atoms with Crippen molar-refractivity contribution in [3.05, 3.63) is 131 Å². The minimum absolute atomic E-state index is 0.0413. The molecule has 8 heteroatoms. The summed E-state index contributed by atoms with van der Waals surface area (Å²) in [6.45, 7) is 4.79. The summed E-state index contributed by atoms with van der Waals surface area (Å²) in [5.41, 5.74) is 11.4. The molecular formula is C37H39N5O3. The number of hydrogen-bond acceptors (Lipinski definition) is 5. The number of carbonyl (C=O) groups excluding carboxylic acids is 1. The number of hydrogen-bond donors (Lipinski definition) is 2. The van der Waals surface area contributed by atoms with Gasteiger partial charge in [0.25, 0.3) is 0 Å². The summed E-state index contributed by atoms with van der Waals surface area (Å²) >= 11 is 0. The van der Waals surface area contributed by atoms with Crippen LogP contribution in [-0.2, 0) is 35.4 Å². The van der Waals surface area contributed by atoms with Crippen molar-refractivity contribution in [3.63, 3.8) is 0 Å². The molecule has 4 aromatic carbocycles. The summed E-state index contributed by atoms with van der Waals surface area (Å²) in [7, 11) is 0. The number of amides is 2. The van der Waals surface area contributed by atoms with Crippen LogP contribution in [0.2, 0.25) is 0 Å². The lowest BCUT2D eigenvalue weighted by Crippen LogP contribution is -2.51. The highest BCUT2D eigenvalue weighted by Gasteiger charge is 2.55. The van der Waals surface area contributed by atoms with Gasteiger partial charge in [-0.05, 0) is 61.1 Å². The topological polar surface area (TPSA) is 96.7 Å². The van der Waals surface area contributed by atoms with E-state index in [-0.39, 0.29) is 30.3 Å². The molecule has 7 rings (SSSR count). The third-order valence-corrected chi connectivity index (χ3v) is 8.99. The second kappa shape index (κ2) is 12.0. The number of urea groups is 1. The molecule has 1 aromatic heterocycles. The standard InChI is InChI=1S/C37H39N5O3/c1-37(2)44-33-31(21-25-12-6-3-7-13-25)41(23-27-16-10-5-11-17-27)36(43)42(24-28-18-19-30-29(20-28)35(38)40-39-30)32(34(33)45-37)22-26-14-8-4-9-15-26/h3-20,31-34H,21-24H2,1-2H3,(H3,38,39,40)/t31-,32-,33+,34+/m1/s1. The van der Waals surface area contributed by atoms with Gasteiger partial charge >= 0.3 is 6.03 Å². The molecule has 230 valence electrons. The van der Waals surface area contributed by atoms with Crippen molar-refractivity contribution in [2.75, 3.05) is 5.73 Å². The average molecular weight is 602 g/mol. The summed E-state index contributed by atoms with van der Waals surface area (Å²) in [5, 5.41) is 8.01. The zero-order valence-electron chi connectivity index (χ0n) is 25.7. The van der Waals surface area contributed by atoms with Crippen LogP contribution in [0, 0.1) is 0 Å². The largest absolute Gasteiger partial charge is 0.382 e. The molecule has 2 fully saturated rings. The second-order valence-corrected chi connectivity index (χ2v) is 12.6. The van der Waals surface area contributed by atoms with Crippen molar-refractivity contribution in [3.8, 4) is 0 Å². The number of nitrogen functional groups attached to an aromatic ring is 1. The van der Waals surface area contributed by atoms with Gasteiger partial charge in [-0.25, -0.2) is 4.79 Å². The summed E-state index contributed by atoms with van der Waals surface area (Å²) < 4.78 is 13.6. The summed E-state index contributed by atoms with van der Waals surface area (Å²) in [6.07, 6.45) is 0.559. The molecule has 4 atom stereocenters. The molecule has 45 heavy (non-hydrogen) atoms. The summed E-state index contributed by atoms with van der Waals surface area (Å²) in [5.74, 6) is -0.369. The van der Waals surface area contributed by atoms with E-state index in [9.17, 15) is 0 Å². The van der Waals surface area contributed by atoms with Crippen LogP contribution in [0.25, 0.3) is 10.9 Å². The van der Waals surface area contributed by atoms with Gasteiger partial charge in [-0.2, -0.15) is 5.10 Å². The van der Waals surface area contributed by atoms with E-state index >= 15 is 4.79 Å². The number of H-pyrrole nitrogens is 1. The van der Waals surface area contributed by atoms with E-state index < -0.39 is 5.79 Å². The SMILES string of the molecule is CC1(C)O[C@@H]2[C@@H](O1)[C@@H](Cc1ccccc1)N(Cc1ccc3[nH]nc(N)c3c1)C(=O)N(Cc1ccccc1)[C@@H]2Cc1ccccc1. The third-order valence-electron chi connectivity index (χ3n) is 8.99. The fourth-order valence-electron chi connectivity index (χ4n) is 6.91. The van der Waals surface area contributed by atoms with Crippen LogP contribution in [-0.4, -0.2) is 56.1 Å². The maximum Gasteiger partial charge on any atom is 0.321 e. The fraction of sp³-hybridized carbons (Fsp3) is 0.297. The monoisotopic (exact) mass is 601 g/mol. The fourth-order valence-corrected chi connectivity index (χ4v) is 6.91. The van der Waals surface area contributed by atoms with Crippen LogP contribution < -0.4 is 5.73 Å². The number of rotatable bonds is 8. The van der Waals surface area contributed by atoms with Crippen molar-refractivity contribution in [1.82, 2.24) is 20.0 Å². The van der Waals surface area contributed by atoms with Crippen molar-refractivity contribution < 1.29 is 14.3 Å². The van der Waals surface area contributed by atoms with Gasteiger partial charge in [0.05, 0.1) is 17.6 Å². The number of nitrogens with two attached hydrogens (primary N) is 1. The van der Waals surface area contributed by atoms with Crippen LogP contribution in [0.4, 0.5) is 10.6 Å². The molecule has 0 bridgehead atoms. The number of aromatic nitrogens is 2. The Bertz CT molecular complexity index is 1760. The number of fused-ring (bicyclic) bond motifs is 2. The molecule has 0 radical (unpaired) electrons. The lowest BCUT2D eigenvalue weighted by Gasteiger charge is -2.37. The molecule has 3 N–H and O–H groups in total. The van der Waals surface area contributed by atoms with Gasteiger partial charge in [0.2, 0.25) is 0 Å². The molecule has 2 saturated heterocycles. The van der Waals surface area contributed by atoms with Crippen LogP contribution in [0.5, 0.6) is 0 Å². The number of nitrogens with zero attached hydrogens (tertiary/aromatic N) is 3. The molecule has 2 aliphatic heterocycles. The Kier molecular flexibility index (Phi) is 7.77. The number of anilines is 1. The molecule has 2 amide bonds. The quantitative estimate of drug-likeness (QED) is 0.217. The molecule has 3 heterocycles. The van der Waals surface area contributed by atoms with E-state index in [1.54, 1.807) is 0 Å². The van der Waals surface area contributed by atoms with Crippen molar-refractivity contribution >= 4 is 22.8 Å². The van der Waals surface area contributed by atoms with Crippen LogP contribution in [0.15, 0.2) is 109 Å². The number of benzene rings is 4. The Morgan fingerprint density at radius 2 is 1.20 bits per heavy atom. The average Bonchev–Trinajstić information content (AvgIpc) is 3.57. The Morgan fingerprint density at radius 3 is 1.73 bits per heavy atom. The first-order valence-corrected chi connectivity index (χ1v) is 15.6. The summed E-state index contributed by atoms with van der Waals surface area (Å²) in [6, 6.07) is 36.3. The number of carbonyl (C=O) groups is 1. The van der Waals surface area contributed by atoms with Gasteiger partial charge in [-0.1, -0.05) is 97.1 Å². The highest BCUT2D eigenvalue weighted by atomic mass is 16.8. The second-order valence-electron chi connectivity index (χ2n) is 12.6. The first-order chi connectivity index (χ1) is 21.8.